The molecule has 0 fully saturated rings. The van der Waals surface area contributed by atoms with E-state index < -0.39 is 5.97 Å². The second-order valence-electron chi connectivity index (χ2n) is 6.96. The minimum atomic E-state index is -0.474. The molecule has 0 saturated heterocycles. The minimum Gasteiger partial charge on any atom is -0.463 e. The molecular weight excluding hydrogens is 416 g/mol. The first-order valence-corrected chi connectivity index (χ1v) is 11.5. The standard InChI is InChI=1S/C23H22N2O3S2/c1-5-18-19(15-7-6-13(2)14(3)10-15)20-21(24-12-25-22(20)30-18)29-11-16-8-9-17(28-16)23(26)27-4/h6-10,12H,5,11H2,1-4H3. The quantitative estimate of drug-likeness (QED) is 0.203. The van der Waals surface area contributed by atoms with Crippen molar-refractivity contribution in [3.8, 4) is 11.1 Å². The lowest BCUT2D eigenvalue weighted by Crippen LogP contribution is -1.98. The highest BCUT2D eigenvalue weighted by atomic mass is 32.2. The van der Waals surface area contributed by atoms with Gasteiger partial charge >= 0.3 is 5.97 Å². The van der Waals surface area contributed by atoms with E-state index in [-0.39, 0.29) is 5.76 Å². The molecule has 1 aromatic carbocycles. The highest BCUT2D eigenvalue weighted by molar-refractivity contribution is 7.98. The van der Waals surface area contributed by atoms with Gasteiger partial charge in [-0.1, -0.05) is 36.9 Å². The van der Waals surface area contributed by atoms with E-state index in [1.165, 1.54) is 34.2 Å². The Balaban J connectivity index is 1.73. The van der Waals surface area contributed by atoms with Crippen LogP contribution in [0.2, 0.25) is 0 Å². The van der Waals surface area contributed by atoms with Crippen LogP contribution in [0.4, 0.5) is 0 Å². The Bertz CT molecular complexity index is 1230. The van der Waals surface area contributed by atoms with Gasteiger partial charge in [-0.3, -0.25) is 0 Å². The van der Waals surface area contributed by atoms with Crippen LogP contribution in [0.5, 0.6) is 0 Å². The Morgan fingerprint density at radius 3 is 2.73 bits per heavy atom. The third kappa shape index (κ3) is 3.87. The molecule has 0 atom stereocenters. The van der Waals surface area contributed by atoms with E-state index in [0.29, 0.717) is 11.5 Å². The molecule has 30 heavy (non-hydrogen) atoms. The van der Waals surface area contributed by atoms with Gasteiger partial charge < -0.3 is 9.15 Å². The van der Waals surface area contributed by atoms with Crippen molar-refractivity contribution in [3.05, 3.63) is 64.2 Å². The summed E-state index contributed by atoms with van der Waals surface area (Å²) < 4.78 is 10.3. The van der Waals surface area contributed by atoms with Crippen molar-refractivity contribution >= 4 is 39.3 Å². The maximum Gasteiger partial charge on any atom is 0.373 e. The molecule has 0 N–H and O–H groups in total. The molecule has 0 aliphatic heterocycles. The van der Waals surface area contributed by atoms with Gasteiger partial charge in [0.15, 0.2) is 0 Å². The van der Waals surface area contributed by atoms with Gasteiger partial charge in [0.25, 0.3) is 0 Å². The highest BCUT2D eigenvalue weighted by Gasteiger charge is 2.19. The van der Waals surface area contributed by atoms with E-state index in [1.54, 1.807) is 41.6 Å². The number of nitrogens with zero attached hydrogens (tertiary/aromatic N) is 2. The van der Waals surface area contributed by atoms with E-state index in [0.717, 1.165) is 21.7 Å². The first-order valence-electron chi connectivity index (χ1n) is 9.65. The third-order valence-corrected chi connectivity index (χ3v) is 7.30. The van der Waals surface area contributed by atoms with Gasteiger partial charge in [-0.05, 0) is 49.1 Å². The van der Waals surface area contributed by atoms with E-state index in [2.05, 4.69) is 48.9 Å². The van der Waals surface area contributed by atoms with E-state index in [4.69, 9.17) is 9.15 Å². The molecule has 0 saturated carbocycles. The van der Waals surface area contributed by atoms with Crippen LogP contribution in [0.1, 0.15) is 39.2 Å². The molecule has 0 aliphatic rings. The fourth-order valence-corrected chi connectivity index (χ4v) is 5.38. The van der Waals surface area contributed by atoms with Crippen LogP contribution in [0.25, 0.3) is 21.3 Å². The van der Waals surface area contributed by atoms with Crippen molar-refractivity contribution in [1.82, 2.24) is 9.97 Å². The monoisotopic (exact) mass is 438 g/mol. The summed E-state index contributed by atoms with van der Waals surface area (Å²) in [6.07, 6.45) is 2.56. The van der Waals surface area contributed by atoms with E-state index in [1.807, 2.05) is 0 Å². The smallest absolute Gasteiger partial charge is 0.373 e. The Labute approximate surface area is 183 Å². The lowest BCUT2D eigenvalue weighted by molar-refractivity contribution is 0.0563. The molecule has 0 spiro atoms. The average Bonchev–Trinajstić information content (AvgIpc) is 3.38. The summed E-state index contributed by atoms with van der Waals surface area (Å²) in [7, 11) is 1.34. The van der Waals surface area contributed by atoms with Crippen LogP contribution in [0, 0.1) is 13.8 Å². The molecule has 154 valence electrons. The van der Waals surface area contributed by atoms with Gasteiger partial charge in [-0.15, -0.1) is 11.3 Å². The number of benzene rings is 1. The van der Waals surface area contributed by atoms with Gasteiger partial charge in [0, 0.05) is 10.4 Å². The summed E-state index contributed by atoms with van der Waals surface area (Å²) >= 11 is 3.31. The fourth-order valence-electron chi connectivity index (χ4n) is 3.32. The number of hydrogen-bond donors (Lipinski definition) is 0. The molecule has 3 aromatic heterocycles. The summed E-state index contributed by atoms with van der Waals surface area (Å²) in [6.45, 7) is 6.44. The second kappa shape index (κ2) is 8.62. The Hall–Kier alpha value is -2.64. The van der Waals surface area contributed by atoms with Crippen molar-refractivity contribution in [2.45, 2.75) is 38.0 Å². The Morgan fingerprint density at radius 2 is 2.00 bits per heavy atom. The van der Waals surface area contributed by atoms with Crippen LogP contribution < -0.4 is 0 Å². The van der Waals surface area contributed by atoms with Crippen LogP contribution in [-0.4, -0.2) is 23.0 Å². The van der Waals surface area contributed by atoms with Gasteiger partial charge in [-0.2, -0.15) is 0 Å². The molecule has 0 unspecified atom stereocenters. The number of thiophene rings is 1. The summed E-state index contributed by atoms with van der Waals surface area (Å²) in [5.41, 5.74) is 4.97. The van der Waals surface area contributed by atoms with Crippen molar-refractivity contribution < 1.29 is 13.9 Å². The summed E-state index contributed by atoms with van der Waals surface area (Å²) in [5.74, 6) is 0.997. The first kappa shape index (κ1) is 20.6. The molecule has 4 rings (SSSR count). The van der Waals surface area contributed by atoms with E-state index in [9.17, 15) is 4.79 Å². The number of esters is 1. The Morgan fingerprint density at radius 1 is 1.17 bits per heavy atom. The Kier molecular flexibility index (Phi) is 5.92. The molecule has 0 aliphatic carbocycles. The number of aromatic nitrogens is 2. The van der Waals surface area contributed by atoms with Crippen LogP contribution in [0.15, 0.2) is 46.1 Å². The normalized spacial score (nSPS) is 11.2. The minimum absolute atomic E-state index is 0.209. The molecule has 0 amide bonds. The van der Waals surface area contributed by atoms with Crippen molar-refractivity contribution in [1.29, 1.82) is 0 Å². The first-order chi connectivity index (χ1) is 14.5. The highest BCUT2D eigenvalue weighted by Crippen LogP contribution is 2.42. The van der Waals surface area contributed by atoms with Gasteiger partial charge in [0.1, 0.15) is 21.9 Å². The van der Waals surface area contributed by atoms with Gasteiger partial charge in [-0.25, -0.2) is 14.8 Å². The maximum atomic E-state index is 11.6. The third-order valence-electron chi connectivity index (χ3n) is 5.04. The average molecular weight is 439 g/mol. The summed E-state index contributed by atoms with van der Waals surface area (Å²) in [5, 5.41) is 2.01. The number of thioether (sulfide) groups is 1. The number of hydrogen-bond acceptors (Lipinski definition) is 7. The summed E-state index contributed by atoms with van der Waals surface area (Å²) in [6, 6.07) is 10.0. The molecule has 0 bridgehead atoms. The number of furan rings is 1. The zero-order valence-electron chi connectivity index (χ0n) is 17.3. The molecule has 4 aromatic rings. The summed E-state index contributed by atoms with van der Waals surface area (Å²) in [4.78, 5) is 23.0. The number of carbonyl (C=O) groups is 1. The predicted octanol–water partition coefficient (Wildman–Crippen LogP) is 6.21. The molecule has 7 heteroatoms. The molecule has 5 nitrogen and oxygen atoms in total. The number of rotatable bonds is 6. The van der Waals surface area contributed by atoms with Gasteiger partial charge in [0.2, 0.25) is 5.76 Å². The maximum absolute atomic E-state index is 11.6. The second-order valence-corrected chi connectivity index (χ2v) is 9.01. The number of fused-ring (bicyclic) bond motifs is 1. The van der Waals surface area contributed by atoms with Crippen molar-refractivity contribution in [2.24, 2.45) is 0 Å². The zero-order valence-corrected chi connectivity index (χ0v) is 18.9. The number of aryl methyl sites for hydroxylation is 3. The number of methoxy groups -OCH3 is 1. The number of carbonyl (C=O) groups excluding carboxylic acids is 1. The van der Waals surface area contributed by atoms with E-state index >= 15 is 0 Å². The zero-order chi connectivity index (χ0) is 21.3. The topological polar surface area (TPSA) is 65.2 Å². The predicted molar refractivity (Wildman–Crippen MR) is 121 cm³/mol. The largest absolute Gasteiger partial charge is 0.463 e. The van der Waals surface area contributed by atoms with Crippen molar-refractivity contribution in [2.75, 3.05) is 7.11 Å². The van der Waals surface area contributed by atoms with Crippen LogP contribution in [0.3, 0.4) is 0 Å². The SMILES string of the molecule is CCc1sc2ncnc(SCc3ccc(C(=O)OC)o3)c2c1-c1ccc(C)c(C)c1. The van der Waals surface area contributed by atoms with Crippen molar-refractivity contribution in [3.63, 3.8) is 0 Å². The lowest BCUT2D eigenvalue weighted by Gasteiger charge is -2.09. The lowest BCUT2D eigenvalue weighted by atomic mass is 9.98. The molecule has 3 heterocycles. The van der Waals surface area contributed by atoms with Crippen LogP contribution >= 0.6 is 23.1 Å². The molecule has 0 radical (unpaired) electrons. The fraction of sp³-hybridized carbons (Fsp3) is 0.261. The number of ether oxygens (including phenoxy) is 1. The molecular formula is C23H22N2O3S2. The van der Waals surface area contributed by atoms with Crippen LogP contribution in [-0.2, 0) is 16.9 Å². The van der Waals surface area contributed by atoms with Gasteiger partial charge in [0.05, 0.1) is 18.2 Å².